The summed E-state index contributed by atoms with van der Waals surface area (Å²) in [6.45, 7) is 1.16. The summed E-state index contributed by atoms with van der Waals surface area (Å²) in [5, 5.41) is 13.4. The third-order valence-corrected chi connectivity index (χ3v) is 5.29. The van der Waals surface area contributed by atoms with Crippen molar-refractivity contribution in [2.45, 2.75) is 24.7 Å². The van der Waals surface area contributed by atoms with E-state index in [4.69, 9.17) is 11.6 Å². The molecule has 1 aliphatic carbocycles. The molecular formula is C12H14BrClN2O. The van der Waals surface area contributed by atoms with E-state index in [0.29, 0.717) is 5.92 Å². The minimum atomic E-state index is 0.0800. The van der Waals surface area contributed by atoms with Gasteiger partial charge in [0.2, 0.25) is 0 Å². The molecule has 0 aromatic carbocycles. The lowest BCUT2D eigenvalue weighted by molar-refractivity contribution is 0.224. The number of aliphatic hydroxyl groups is 1. The Kier molecular flexibility index (Phi) is 2.84. The summed E-state index contributed by atoms with van der Waals surface area (Å²) in [6, 6.07) is 0. The molecule has 2 N–H and O–H groups in total. The summed E-state index contributed by atoms with van der Waals surface area (Å²) in [5.74, 6) is 1.31. The van der Waals surface area contributed by atoms with Crippen LogP contribution in [0.3, 0.4) is 0 Å². The lowest BCUT2D eigenvalue weighted by Crippen LogP contribution is -2.25. The van der Waals surface area contributed by atoms with E-state index in [1.807, 2.05) is 0 Å². The summed E-state index contributed by atoms with van der Waals surface area (Å²) in [4.78, 5) is 4.38. The van der Waals surface area contributed by atoms with Crippen LogP contribution in [-0.2, 0) is 5.41 Å². The Morgan fingerprint density at radius 1 is 1.65 bits per heavy atom. The molecule has 2 atom stereocenters. The number of hydrogen-bond donors (Lipinski definition) is 2. The SMILES string of the molecule is OC[C@H]1CC[C@@]2(CNc3ncc(Br)c(Cl)c32)C1. The van der Waals surface area contributed by atoms with Crippen molar-refractivity contribution < 1.29 is 5.11 Å². The second-order valence-corrected chi connectivity index (χ2v) is 6.30. The topological polar surface area (TPSA) is 45.1 Å². The van der Waals surface area contributed by atoms with Gasteiger partial charge in [-0.1, -0.05) is 11.6 Å². The van der Waals surface area contributed by atoms with E-state index in [2.05, 4.69) is 26.2 Å². The lowest BCUT2D eigenvalue weighted by Gasteiger charge is -2.24. The number of aromatic nitrogens is 1. The Hall–Kier alpha value is -0.320. The van der Waals surface area contributed by atoms with Crippen molar-refractivity contribution in [2.75, 3.05) is 18.5 Å². The maximum Gasteiger partial charge on any atom is 0.131 e. The molecule has 1 fully saturated rings. The average Bonchev–Trinajstić information content (AvgIpc) is 2.90. The number of fused-ring (bicyclic) bond motifs is 2. The molecule has 1 aliphatic heterocycles. The Morgan fingerprint density at radius 2 is 2.47 bits per heavy atom. The van der Waals surface area contributed by atoms with E-state index >= 15 is 0 Å². The minimum absolute atomic E-state index is 0.0800. The molecule has 0 bridgehead atoms. The van der Waals surface area contributed by atoms with Gasteiger partial charge in [-0.05, 0) is 41.1 Å². The molecule has 0 radical (unpaired) electrons. The molecule has 0 amide bonds. The van der Waals surface area contributed by atoms with E-state index in [9.17, 15) is 5.11 Å². The van der Waals surface area contributed by atoms with Gasteiger partial charge in [0.05, 0.1) is 9.50 Å². The van der Waals surface area contributed by atoms with Crippen molar-refractivity contribution in [3.05, 3.63) is 21.3 Å². The summed E-state index contributed by atoms with van der Waals surface area (Å²) in [6.07, 6.45) is 4.89. The zero-order valence-electron chi connectivity index (χ0n) is 9.34. The Bertz CT molecular complexity index is 468. The van der Waals surface area contributed by atoms with Gasteiger partial charge >= 0.3 is 0 Å². The number of rotatable bonds is 1. The van der Waals surface area contributed by atoms with E-state index in [-0.39, 0.29) is 12.0 Å². The van der Waals surface area contributed by atoms with Gasteiger partial charge in [-0.3, -0.25) is 0 Å². The molecule has 1 spiro atoms. The third-order valence-electron chi connectivity index (χ3n) is 4.07. The molecule has 0 unspecified atom stereocenters. The molecule has 3 nitrogen and oxygen atoms in total. The van der Waals surface area contributed by atoms with E-state index in [0.717, 1.165) is 46.7 Å². The van der Waals surface area contributed by atoms with E-state index < -0.39 is 0 Å². The highest BCUT2D eigenvalue weighted by Crippen LogP contribution is 2.52. The van der Waals surface area contributed by atoms with Gasteiger partial charge in [0.1, 0.15) is 5.82 Å². The second kappa shape index (κ2) is 4.11. The zero-order valence-corrected chi connectivity index (χ0v) is 11.7. The van der Waals surface area contributed by atoms with Crippen LogP contribution < -0.4 is 5.32 Å². The fourth-order valence-electron chi connectivity index (χ4n) is 3.21. The molecule has 2 aliphatic rings. The molecule has 2 heterocycles. The molecular weight excluding hydrogens is 304 g/mol. The number of hydrogen-bond acceptors (Lipinski definition) is 3. The van der Waals surface area contributed by atoms with Crippen LogP contribution >= 0.6 is 27.5 Å². The van der Waals surface area contributed by atoms with Crippen LogP contribution in [0.4, 0.5) is 5.82 Å². The predicted molar refractivity (Wildman–Crippen MR) is 71.5 cm³/mol. The zero-order chi connectivity index (χ0) is 12.0. The molecule has 1 aromatic heterocycles. The predicted octanol–water partition coefficient (Wildman–Crippen LogP) is 2.95. The van der Waals surface area contributed by atoms with Crippen molar-refractivity contribution in [1.29, 1.82) is 0 Å². The second-order valence-electron chi connectivity index (χ2n) is 5.07. The smallest absolute Gasteiger partial charge is 0.131 e. The molecule has 1 saturated carbocycles. The number of anilines is 1. The van der Waals surface area contributed by atoms with E-state index in [1.165, 1.54) is 0 Å². The van der Waals surface area contributed by atoms with Crippen molar-refractivity contribution >= 4 is 33.3 Å². The molecule has 1 aromatic rings. The first kappa shape index (κ1) is 11.8. The van der Waals surface area contributed by atoms with Crippen LogP contribution in [0.5, 0.6) is 0 Å². The van der Waals surface area contributed by atoms with Gasteiger partial charge in [-0.25, -0.2) is 4.98 Å². The summed E-state index contributed by atoms with van der Waals surface area (Å²) >= 11 is 9.85. The van der Waals surface area contributed by atoms with E-state index in [1.54, 1.807) is 6.20 Å². The highest BCUT2D eigenvalue weighted by atomic mass is 79.9. The van der Waals surface area contributed by atoms with Gasteiger partial charge in [-0.15, -0.1) is 0 Å². The maximum absolute atomic E-state index is 9.30. The van der Waals surface area contributed by atoms with Crippen LogP contribution in [0, 0.1) is 5.92 Å². The monoisotopic (exact) mass is 316 g/mol. The van der Waals surface area contributed by atoms with Crippen LogP contribution in [0.15, 0.2) is 10.7 Å². The number of aliphatic hydroxyl groups excluding tert-OH is 1. The van der Waals surface area contributed by atoms with Gasteiger partial charge < -0.3 is 10.4 Å². The Labute approximate surface area is 114 Å². The fourth-order valence-corrected chi connectivity index (χ4v) is 3.85. The first-order chi connectivity index (χ1) is 8.16. The van der Waals surface area contributed by atoms with Gasteiger partial charge in [0.25, 0.3) is 0 Å². The fraction of sp³-hybridized carbons (Fsp3) is 0.583. The number of nitrogens with one attached hydrogen (secondary N) is 1. The third kappa shape index (κ3) is 1.69. The van der Waals surface area contributed by atoms with Gasteiger partial charge in [0.15, 0.2) is 0 Å². The molecule has 17 heavy (non-hydrogen) atoms. The first-order valence-electron chi connectivity index (χ1n) is 5.85. The highest BCUT2D eigenvalue weighted by Gasteiger charge is 2.47. The number of halogens is 2. The van der Waals surface area contributed by atoms with Crippen LogP contribution in [0.25, 0.3) is 0 Å². The van der Waals surface area contributed by atoms with Crippen LogP contribution in [0.2, 0.25) is 5.02 Å². The summed E-state index contributed by atoms with van der Waals surface area (Å²) < 4.78 is 0.855. The largest absolute Gasteiger partial charge is 0.396 e. The number of pyridine rings is 1. The molecule has 92 valence electrons. The minimum Gasteiger partial charge on any atom is -0.396 e. The molecule has 3 rings (SSSR count). The number of nitrogens with zero attached hydrogens (tertiary/aromatic N) is 1. The first-order valence-corrected chi connectivity index (χ1v) is 7.02. The average molecular weight is 318 g/mol. The highest BCUT2D eigenvalue weighted by molar-refractivity contribution is 9.10. The quantitative estimate of drug-likeness (QED) is 0.837. The maximum atomic E-state index is 9.30. The van der Waals surface area contributed by atoms with Crippen molar-refractivity contribution in [3.8, 4) is 0 Å². The normalized spacial score (nSPS) is 30.6. The molecule has 0 saturated heterocycles. The standard InChI is InChI=1S/C12H14BrClN2O/c13-8-4-15-11-9(10(8)14)12(6-16-11)2-1-7(3-12)5-17/h4,7,17H,1-3,5-6H2,(H,15,16)/t7-,12-/m0/s1. The van der Waals surface area contributed by atoms with Crippen LogP contribution in [0.1, 0.15) is 24.8 Å². The van der Waals surface area contributed by atoms with Gasteiger partial charge in [-0.2, -0.15) is 0 Å². The van der Waals surface area contributed by atoms with Crippen molar-refractivity contribution in [1.82, 2.24) is 4.98 Å². The van der Waals surface area contributed by atoms with Crippen LogP contribution in [-0.4, -0.2) is 23.2 Å². The van der Waals surface area contributed by atoms with Crippen molar-refractivity contribution in [2.24, 2.45) is 5.92 Å². The van der Waals surface area contributed by atoms with Crippen molar-refractivity contribution in [3.63, 3.8) is 0 Å². The van der Waals surface area contributed by atoms with Gasteiger partial charge in [0, 0.05) is 30.3 Å². The summed E-state index contributed by atoms with van der Waals surface area (Å²) in [5.41, 5.74) is 1.22. The Balaban J connectivity index is 2.06. The molecule has 5 heteroatoms. The summed E-state index contributed by atoms with van der Waals surface area (Å²) in [7, 11) is 0. The lowest BCUT2D eigenvalue weighted by atomic mass is 9.81. The Morgan fingerprint density at radius 3 is 3.18 bits per heavy atom.